The molecule has 0 aliphatic heterocycles. The SMILES string of the molecule is CS(=O)(=O)c1ccc(-c2nc(C(F)(F)F)[nH]c2C2C=CCCC2)cc1. The van der Waals surface area contributed by atoms with Crippen LogP contribution in [-0.2, 0) is 16.0 Å². The summed E-state index contributed by atoms with van der Waals surface area (Å²) in [7, 11) is -3.37. The predicted molar refractivity (Wildman–Crippen MR) is 87.9 cm³/mol. The zero-order valence-corrected chi connectivity index (χ0v) is 14.3. The van der Waals surface area contributed by atoms with E-state index in [0.29, 0.717) is 11.3 Å². The first kappa shape index (κ1) is 17.7. The topological polar surface area (TPSA) is 62.8 Å². The molecule has 1 aromatic heterocycles. The van der Waals surface area contributed by atoms with Gasteiger partial charge in [0.2, 0.25) is 5.82 Å². The lowest BCUT2D eigenvalue weighted by atomic mass is 9.91. The van der Waals surface area contributed by atoms with Crippen molar-refractivity contribution in [1.82, 2.24) is 9.97 Å². The van der Waals surface area contributed by atoms with Gasteiger partial charge in [0, 0.05) is 23.4 Å². The van der Waals surface area contributed by atoms with Crippen molar-refractivity contribution in [2.24, 2.45) is 0 Å². The fourth-order valence-corrected chi connectivity index (χ4v) is 3.55. The molecule has 0 bridgehead atoms. The number of hydrogen-bond acceptors (Lipinski definition) is 3. The first-order chi connectivity index (χ1) is 11.7. The fraction of sp³-hybridized carbons (Fsp3) is 0.353. The van der Waals surface area contributed by atoms with E-state index < -0.39 is 21.8 Å². The van der Waals surface area contributed by atoms with Gasteiger partial charge in [0.1, 0.15) is 0 Å². The number of halogens is 3. The van der Waals surface area contributed by atoms with Gasteiger partial charge in [-0.25, -0.2) is 13.4 Å². The fourth-order valence-electron chi connectivity index (χ4n) is 2.92. The average Bonchev–Trinajstić information content (AvgIpc) is 3.00. The number of aromatic nitrogens is 2. The molecule has 0 radical (unpaired) electrons. The van der Waals surface area contributed by atoms with Crippen LogP contribution in [-0.4, -0.2) is 24.6 Å². The largest absolute Gasteiger partial charge is 0.449 e. The van der Waals surface area contributed by atoms with E-state index in [1.165, 1.54) is 24.3 Å². The van der Waals surface area contributed by atoms with E-state index >= 15 is 0 Å². The third-order valence-electron chi connectivity index (χ3n) is 4.18. The Kier molecular flexibility index (Phi) is 4.49. The maximum Gasteiger partial charge on any atom is 0.449 e. The smallest absolute Gasteiger partial charge is 0.337 e. The molecule has 1 unspecified atom stereocenters. The molecule has 2 aromatic rings. The number of hydrogen-bond donors (Lipinski definition) is 1. The molecule has 25 heavy (non-hydrogen) atoms. The van der Waals surface area contributed by atoms with E-state index in [2.05, 4.69) is 9.97 Å². The molecule has 0 fully saturated rings. The van der Waals surface area contributed by atoms with Crippen LogP contribution in [0.2, 0.25) is 0 Å². The highest BCUT2D eigenvalue weighted by molar-refractivity contribution is 7.90. The highest BCUT2D eigenvalue weighted by atomic mass is 32.2. The molecular weight excluding hydrogens is 353 g/mol. The number of allylic oxidation sites excluding steroid dienone is 2. The third-order valence-corrected chi connectivity index (χ3v) is 5.31. The van der Waals surface area contributed by atoms with Gasteiger partial charge in [-0.15, -0.1) is 0 Å². The second kappa shape index (κ2) is 6.33. The van der Waals surface area contributed by atoms with Crippen molar-refractivity contribution < 1.29 is 21.6 Å². The first-order valence-corrected chi connectivity index (χ1v) is 9.69. The molecule has 0 amide bonds. The van der Waals surface area contributed by atoms with Crippen LogP contribution in [0.3, 0.4) is 0 Å². The number of nitrogens with zero attached hydrogens (tertiary/aromatic N) is 1. The average molecular weight is 370 g/mol. The molecule has 1 aromatic carbocycles. The minimum absolute atomic E-state index is 0.113. The molecule has 1 aliphatic carbocycles. The van der Waals surface area contributed by atoms with E-state index in [4.69, 9.17) is 0 Å². The monoisotopic (exact) mass is 370 g/mol. The summed E-state index contributed by atoms with van der Waals surface area (Å²) < 4.78 is 62.4. The van der Waals surface area contributed by atoms with Crippen LogP contribution in [0.1, 0.15) is 36.7 Å². The Morgan fingerprint density at radius 3 is 2.40 bits per heavy atom. The van der Waals surface area contributed by atoms with Gasteiger partial charge in [0.05, 0.1) is 10.6 Å². The van der Waals surface area contributed by atoms with Gasteiger partial charge in [0.25, 0.3) is 0 Å². The van der Waals surface area contributed by atoms with Crippen molar-refractivity contribution >= 4 is 9.84 Å². The number of sulfone groups is 1. The molecule has 3 rings (SSSR count). The van der Waals surface area contributed by atoms with Gasteiger partial charge in [-0.05, 0) is 31.4 Å². The summed E-state index contributed by atoms with van der Waals surface area (Å²) in [6.45, 7) is 0. The van der Waals surface area contributed by atoms with Crippen LogP contribution in [0, 0.1) is 0 Å². The van der Waals surface area contributed by atoms with Crippen molar-refractivity contribution in [2.45, 2.75) is 36.3 Å². The second-order valence-corrected chi connectivity index (χ2v) is 8.12. The molecule has 0 saturated heterocycles. The number of nitrogens with one attached hydrogen (secondary N) is 1. The van der Waals surface area contributed by atoms with Crippen LogP contribution in [0.15, 0.2) is 41.3 Å². The summed E-state index contributed by atoms with van der Waals surface area (Å²) in [5, 5.41) is 0. The van der Waals surface area contributed by atoms with Gasteiger partial charge in [-0.1, -0.05) is 24.3 Å². The maximum absolute atomic E-state index is 13.1. The standard InChI is InChI=1S/C17H17F3N2O2S/c1-25(23,24)13-9-7-12(8-10-13)15-14(11-5-3-2-4-6-11)21-16(22-15)17(18,19)20/h3,5,7-11H,2,4,6H2,1H3,(H,21,22). The Bertz CT molecular complexity index is 897. The van der Waals surface area contributed by atoms with Crippen molar-refractivity contribution in [3.8, 4) is 11.3 Å². The Labute approximate surface area is 143 Å². The molecule has 0 spiro atoms. The van der Waals surface area contributed by atoms with E-state index in [1.54, 1.807) is 0 Å². The normalized spacial score (nSPS) is 18.5. The molecule has 8 heteroatoms. The highest BCUT2D eigenvalue weighted by Crippen LogP contribution is 2.37. The molecule has 1 N–H and O–H groups in total. The van der Waals surface area contributed by atoms with E-state index in [9.17, 15) is 21.6 Å². The van der Waals surface area contributed by atoms with Crippen molar-refractivity contribution in [3.63, 3.8) is 0 Å². The van der Waals surface area contributed by atoms with Crippen LogP contribution in [0.25, 0.3) is 11.3 Å². The molecule has 1 aliphatic rings. The number of aromatic amines is 1. The third kappa shape index (κ3) is 3.78. The van der Waals surface area contributed by atoms with Crippen LogP contribution in [0.5, 0.6) is 0 Å². The van der Waals surface area contributed by atoms with E-state index in [1.807, 2.05) is 12.2 Å². The van der Waals surface area contributed by atoms with Gasteiger partial charge < -0.3 is 4.98 Å². The van der Waals surface area contributed by atoms with Crippen LogP contribution >= 0.6 is 0 Å². The summed E-state index contributed by atoms with van der Waals surface area (Å²) in [6, 6.07) is 5.74. The summed E-state index contributed by atoms with van der Waals surface area (Å²) >= 11 is 0. The summed E-state index contributed by atoms with van der Waals surface area (Å²) in [4.78, 5) is 6.30. The van der Waals surface area contributed by atoms with Gasteiger partial charge in [-0.3, -0.25) is 0 Å². The second-order valence-electron chi connectivity index (χ2n) is 6.11. The van der Waals surface area contributed by atoms with Gasteiger partial charge >= 0.3 is 6.18 Å². The molecule has 134 valence electrons. The zero-order chi connectivity index (χ0) is 18.2. The van der Waals surface area contributed by atoms with Crippen LogP contribution in [0.4, 0.5) is 13.2 Å². The minimum atomic E-state index is -4.57. The lowest BCUT2D eigenvalue weighted by Crippen LogP contribution is -2.08. The predicted octanol–water partition coefficient (Wildman–Crippen LogP) is 4.32. The van der Waals surface area contributed by atoms with E-state index in [-0.39, 0.29) is 16.5 Å². The summed E-state index contributed by atoms with van der Waals surface area (Å²) in [6.07, 6.45) is 2.91. The number of imidazole rings is 1. The van der Waals surface area contributed by atoms with Crippen molar-refractivity contribution in [2.75, 3.05) is 6.26 Å². The van der Waals surface area contributed by atoms with Gasteiger partial charge in [-0.2, -0.15) is 13.2 Å². The summed E-state index contributed by atoms with van der Waals surface area (Å²) in [5.41, 5.74) is 1.08. The Morgan fingerprint density at radius 1 is 1.20 bits per heavy atom. The number of rotatable bonds is 3. The first-order valence-electron chi connectivity index (χ1n) is 7.80. The van der Waals surface area contributed by atoms with Crippen molar-refractivity contribution in [3.05, 3.63) is 47.9 Å². The Morgan fingerprint density at radius 2 is 1.88 bits per heavy atom. The number of H-pyrrole nitrogens is 1. The number of alkyl halides is 3. The lowest BCUT2D eigenvalue weighted by molar-refractivity contribution is -0.144. The Balaban J connectivity index is 2.09. The number of benzene rings is 1. The minimum Gasteiger partial charge on any atom is -0.337 e. The van der Waals surface area contributed by atoms with Crippen molar-refractivity contribution in [1.29, 1.82) is 0 Å². The Hall–Kier alpha value is -2.09. The summed E-state index contributed by atoms with van der Waals surface area (Å²) in [5.74, 6) is -1.20. The zero-order valence-electron chi connectivity index (χ0n) is 13.5. The van der Waals surface area contributed by atoms with E-state index in [0.717, 1.165) is 25.5 Å². The quantitative estimate of drug-likeness (QED) is 0.819. The molecule has 0 saturated carbocycles. The maximum atomic E-state index is 13.1. The molecule has 4 nitrogen and oxygen atoms in total. The highest BCUT2D eigenvalue weighted by Gasteiger charge is 2.36. The molecular formula is C17H17F3N2O2S. The van der Waals surface area contributed by atoms with Gasteiger partial charge in [0.15, 0.2) is 9.84 Å². The molecule has 1 heterocycles. The molecule has 1 atom stereocenters. The lowest BCUT2D eigenvalue weighted by Gasteiger charge is -2.16. The van der Waals surface area contributed by atoms with Crippen LogP contribution < -0.4 is 0 Å².